The summed E-state index contributed by atoms with van der Waals surface area (Å²) in [6, 6.07) is 6.13. The SMILES string of the molecule is C=C[C@H]1N(C)C(=O)[C@H](c2ccc(OC)cc2)N1C(=O)NC. The Labute approximate surface area is 124 Å². The van der Waals surface area contributed by atoms with Crippen LogP contribution in [0.3, 0.4) is 0 Å². The van der Waals surface area contributed by atoms with E-state index in [2.05, 4.69) is 11.9 Å². The first kappa shape index (κ1) is 14.9. The zero-order valence-electron chi connectivity index (χ0n) is 12.4. The Balaban J connectivity index is 2.44. The van der Waals surface area contributed by atoms with Gasteiger partial charge in [-0.25, -0.2) is 4.79 Å². The normalized spacial score (nSPS) is 21.4. The molecule has 0 aliphatic carbocycles. The number of likely N-dealkylation sites (N-methyl/N-ethyl adjacent to an activating group) is 1. The van der Waals surface area contributed by atoms with E-state index in [4.69, 9.17) is 4.74 Å². The zero-order chi connectivity index (χ0) is 15.6. The van der Waals surface area contributed by atoms with Gasteiger partial charge in [-0.1, -0.05) is 18.7 Å². The molecule has 1 N–H and O–H groups in total. The number of carbonyl (C=O) groups excluding carboxylic acids is 2. The third-order valence-corrected chi connectivity index (χ3v) is 3.63. The largest absolute Gasteiger partial charge is 0.497 e. The van der Waals surface area contributed by atoms with Gasteiger partial charge < -0.3 is 15.0 Å². The number of hydrogen-bond donors (Lipinski definition) is 1. The number of carbonyl (C=O) groups is 2. The summed E-state index contributed by atoms with van der Waals surface area (Å²) in [6.45, 7) is 3.71. The summed E-state index contributed by atoms with van der Waals surface area (Å²) >= 11 is 0. The molecule has 2 rings (SSSR count). The Morgan fingerprint density at radius 1 is 1.38 bits per heavy atom. The van der Waals surface area contributed by atoms with E-state index in [9.17, 15) is 9.59 Å². The van der Waals surface area contributed by atoms with Crippen LogP contribution < -0.4 is 10.1 Å². The van der Waals surface area contributed by atoms with Gasteiger partial charge in [-0.15, -0.1) is 0 Å². The lowest BCUT2D eigenvalue weighted by Gasteiger charge is -2.27. The summed E-state index contributed by atoms with van der Waals surface area (Å²) in [5, 5.41) is 2.57. The lowest BCUT2D eigenvalue weighted by Crippen LogP contribution is -2.44. The molecule has 1 aromatic rings. The van der Waals surface area contributed by atoms with Crippen LogP contribution in [0, 0.1) is 0 Å². The molecular formula is C15H19N3O3. The van der Waals surface area contributed by atoms with Crippen LogP contribution in [0.2, 0.25) is 0 Å². The van der Waals surface area contributed by atoms with Crippen molar-refractivity contribution in [2.75, 3.05) is 21.2 Å². The lowest BCUT2D eigenvalue weighted by molar-refractivity contribution is -0.128. The van der Waals surface area contributed by atoms with Gasteiger partial charge in [-0.2, -0.15) is 0 Å². The Morgan fingerprint density at radius 3 is 2.48 bits per heavy atom. The molecule has 1 aliphatic heterocycles. The van der Waals surface area contributed by atoms with E-state index in [0.717, 1.165) is 5.56 Å². The van der Waals surface area contributed by atoms with E-state index < -0.39 is 12.2 Å². The Kier molecular flexibility index (Phi) is 4.16. The summed E-state index contributed by atoms with van der Waals surface area (Å²) in [5.74, 6) is 0.554. The van der Waals surface area contributed by atoms with Crippen LogP contribution in [0.1, 0.15) is 11.6 Å². The van der Waals surface area contributed by atoms with Crippen LogP contribution in [-0.4, -0.2) is 49.1 Å². The summed E-state index contributed by atoms with van der Waals surface area (Å²) < 4.78 is 5.11. The van der Waals surface area contributed by atoms with E-state index in [1.54, 1.807) is 44.5 Å². The van der Waals surface area contributed by atoms with Crippen LogP contribution in [0.25, 0.3) is 0 Å². The molecule has 2 atom stereocenters. The first-order valence-corrected chi connectivity index (χ1v) is 6.58. The standard InChI is InChI=1S/C15H19N3O3/c1-5-12-17(3)14(19)13(18(12)15(20)16-2)10-6-8-11(21-4)9-7-10/h5-9,12-13H,1H2,2-4H3,(H,16,20)/t12-,13-/m0/s1. The van der Waals surface area contributed by atoms with Gasteiger partial charge in [0.1, 0.15) is 18.0 Å². The van der Waals surface area contributed by atoms with E-state index in [1.165, 1.54) is 16.8 Å². The van der Waals surface area contributed by atoms with Crippen molar-refractivity contribution in [3.05, 3.63) is 42.5 Å². The molecule has 1 aliphatic rings. The van der Waals surface area contributed by atoms with Gasteiger partial charge in [-0.05, 0) is 23.8 Å². The highest BCUT2D eigenvalue weighted by molar-refractivity contribution is 5.92. The number of urea groups is 1. The van der Waals surface area contributed by atoms with Crippen molar-refractivity contribution in [2.45, 2.75) is 12.2 Å². The van der Waals surface area contributed by atoms with E-state index in [0.29, 0.717) is 5.75 Å². The van der Waals surface area contributed by atoms with Crippen molar-refractivity contribution in [1.29, 1.82) is 0 Å². The van der Waals surface area contributed by atoms with E-state index in [-0.39, 0.29) is 11.9 Å². The highest BCUT2D eigenvalue weighted by Gasteiger charge is 2.46. The quantitative estimate of drug-likeness (QED) is 0.855. The number of nitrogens with one attached hydrogen (secondary N) is 1. The second-order valence-corrected chi connectivity index (χ2v) is 4.74. The molecule has 21 heavy (non-hydrogen) atoms. The number of rotatable bonds is 3. The van der Waals surface area contributed by atoms with Gasteiger partial charge in [0, 0.05) is 14.1 Å². The third-order valence-electron chi connectivity index (χ3n) is 3.63. The number of ether oxygens (including phenoxy) is 1. The third kappa shape index (κ3) is 2.44. The maximum absolute atomic E-state index is 12.5. The van der Waals surface area contributed by atoms with Gasteiger partial charge >= 0.3 is 6.03 Å². The summed E-state index contributed by atoms with van der Waals surface area (Å²) in [6.07, 6.45) is 1.11. The van der Waals surface area contributed by atoms with Gasteiger partial charge in [0.2, 0.25) is 0 Å². The Bertz CT molecular complexity index is 556. The number of amides is 3. The van der Waals surface area contributed by atoms with Crippen molar-refractivity contribution in [2.24, 2.45) is 0 Å². The van der Waals surface area contributed by atoms with Gasteiger partial charge in [0.05, 0.1) is 7.11 Å². The maximum atomic E-state index is 12.5. The highest BCUT2D eigenvalue weighted by Crippen LogP contribution is 2.34. The Morgan fingerprint density at radius 2 is 2.00 bits per heavy atom. The molecule has 6 nitrogen and oxygen atoms in total. The van der Waals surface area contributed by atoms with Crippen LogP contribution in [0.5, 0.6) is 5.75 Å². The first-order valence-electron chi connectivity index (χ1n) is 6.58. The number of methoxy groups -OCH3 is 1. The molecule has 0 radical (unpaired) electrons. The minimum atomic E-state index is -0.663. The number of benzene rings is 1. The molecule has 0 aromatic heterocycles. The van der Waals surface area contributed by atoms with Crippen molar-refractivity contribution in [3.8, 4) is 5.75 Å². The fraction of sp³-hybridized carbons (Fsp3) is 0.333. The molecule has 1 heterocycles. The van der Waals surface area contributed by atoms with Crippen LogP contribution in [0.15, 0.2) is 36.9 Å². The molecule has 112 valence electrons. The van der Waals surface area contributed by atoms with Crippen molar-refractivity contribution < 1.29 is 14.3 Å². The summed E-state index contributed by atoms with van der Waals surface area (Å²) in [4.78, 5) is 27.6. The van der Waals surface area contributed by atoms with Gasteiger partial charge in [-0.3, -0.25) is 9.69 Å². The van der Waals surface area contributed by atoms with Crippen LogP contribution >= 0.6 is 0 Å². The highest BCUT2D eigenvalue weighted by atomic mass is 16.5. The number of hydrogen-bond acceptors (Lipinski definition) is 3. The molecule has 0 bridgehead atoms. The maximum Gasteiger partial charge on any atom is 0.320 e. The molecular weight excluding hydrogens is 270 g/mol. The second-order valence-electron chi connectivity index (χ2n) is 4.74. The van der Waals surface area contributed by atoms with E-state index in [1.807, 2.05) is 0 Å². The predicted molar refractivity (Wildman–Crippen MR) is 78.8 cm³/mol. The average molecular weight is 289 g/mol. The lowest BCUT2D eigenvalue weighted by atomic mass is 10.1. The molecule has 0 spiro atoms. The van der Waals surface area contributed by atoms with Gasteiger partial charge in [0.25, 0.3) is 5.91 Å². The number of nitrogens with zero attached hydrogens (tertiary/aromatic N) is 2. The monoisotopic (exact) mass is 289 g/mol. The minimum Gasteiger partial charge on any atom is -0.497 e. The van der Waals surface area contributed by atoms with Crippen molar-refractivity contribution >= 4 is 11.9 Å². The van der Waals surface area contributed by atoms with Crippen molar-refractivity contribution in [3.63, 3.8) is 0 Å². The smallest absolute Gasteiger partial charge is 0.320 e. The molecule has 1 aromatic carbocycles. The topological polar surface area (TPSA) is 61.9 Å². The average Bonchev–Trinajstić information content (AvgIpc) is 2.78. The van der Waals surface area contributed by atoms with Crippen molar-refractivity contribution in [1.82, 2.24) is 15.1 Å². The summed E-state index contributed by atoms with van der Waals surface area (Å²) in [5.41, 5.74) is 0.737. The second kappa shape index (κ2) is 5.87. The molecule has 0 unspecified atom stereocenters. The zero-order valence-corrected chi connectivity index (χ0v) is 12.4. The predicted octanol–water partition coefficient (Wildman–Crippen LogP) is 1.36. The fourth-order valence-corrected chi connectivity index (χ4v) is 2.51. The summed E-state index contributed by atoms with van der Waals surface area (Å²) in [7, 11) is 4.78. The Hall–Kier alpha value is -2.50. The fourth-order valence-electron chi connectivity index (χ4n) is 2.51. The van der Waals surface area contributed by atoms with Gasteiger partial charge in [0.15, 0.2) is 0 Å². The molecule has 6 heteroatoms. The molecule has 0 saturated carbocycles. The molecule has 3 amide bonds. The molecule has 1 saturated heterocycles. The minimum absolute atomic E-state index is 0.145. The van der Waals surface area contributed by atoms with E-state index >= 15 is 0 Å². The van der Waals surface area contributed by atoms with Crippen LogP contribution in [0.4, 0.5) is 4.79 Å². The first-order chi connectivity index (χ1) is 10.0. The molecule has 1 fully saturated rings. The van der Waals surface area contributed by atoms with Crippen LogP contribution in [-0.2, 0) is 4.79 Å².